The van der Waals surface area contributed by atoms with E-state index in [9.17, 15) is 12.8 Å². The Hall–Kier alpha value is -2.58. The highest BCUT2D eigenvalue weighted by atomic mass is 32.2. The van der Waals surface area contributed by atoms with E-state index in [1.54, 1.807) is 24.3 Å². The molecule has 1 atom stereocenters. The summed E-state index contributed by atoms with van der Waals surface area (Å²) in [5.74, 6) is 0.0750. The molecule has 4 rings (SSSR count). The van der Waals surface area contributed by atoms with Crippen LogP contribution in [0.15, 0.2) is 57.9 Å². The van der Waals surface area contributed by atoms with Gasteiger partial charge in [0.25, 0.3) is 0 Å². The fourth-order valence-corrected chi connectivity index (χ4v) is 5.29. The van der Waals surface area contributed by atoms with Gasteiger partial charge < -0.3 is 4.52 Å². The summed E-state index contributed by atoms with van der Waals surface area (Å²) in [4.78, 5) is 4.61. The molecule has 1 aliphatic heterocycles. The first kappa shape index (κ1) is 19.7. The van der Waals surface area contributed by atoms with E-state index < -0.39 is 21.9 Å². The van der Waals surface area contributed by atoms with Gasteiger partial charge in [0.2, 0.25) is 21.7 Å². The topological polar surface area (TPSA) is 76.3 Å². The predicted octanol–water partition coefficient (Wildman–Crippen LogP) is 4.35. The lowest BCUT2D eigenvalue weighted by atomic mass is 10.1. The number of aryl methyl sites for hydroxylation is 1. The van der Waals surface area contributed by atoms with Crippen molar-refractivity contribution in [1.82, 2.24) is 14.4 Å². The maximum Gasteiger partial charge on any atom is 0.245 e. The molecule has 0 saturated carbocycles. The van der Waals surface area contributed by atoms with E-state index in [1.165, 1.54) is 16.4 Å². The SMILES string of the molecule is CCCc1ccc(S(=O)(=O)N2CCCC2c2nc(-c3cccc(F)c3)no2)cc1. The van der Waals surface area contributed by atoms with E-state index in [0.29, 0.717) is 24.9 Å². The summed E-state index contributed by atoms with van der Waals surface area (Å²) in [5, 5.41) is 3.92. The average Bonchev–Trinajstić information content (AvgIpc) is 3.38. The van der Waals surface area contributed by atoms with Crippen LogP contribution < -0.4 is 0 Å². The maximum atomic E-state index is 13.5. The third-order valence-electron chi connectivity index (χ3n) is 5.08. The van der Waals surface area contributed by atoms with Crippen LogP contribution in [0.25, 0.3) is 11.4 Å². The molecule has 0 bridgehead atoms. The summed E-state index contributed by atoms with van der Waals surface area (Å²) in [7, 11) is -3.68. The second-order valence-corrected chi connectivity index (χ2v) is 9.02. The summed E-state index contributed by atoms with van der Waals surface area (Å²) < 4.78 is 46.6. The summed E-state index contributed by atoms with van der Waals surface area (Å²) in [6.45, 7) is 2.48. The zero-order valence-corrected chi connectivity index (χ0v) is 16.9. The molecule has 2 heterocycles. The number of halogens is 1. The predicted molar refractivity (Wildman–Crippen MR) is 106 cm³/mol. The Morgan fingerprint density at radius 3 is 2.72 bits per heavy atom. The highest BCUT2D eigenvalue weighted by Crippen LogP contribution is 2.36. The molecule has 0 N–H and O–H groups in total. The molecule has 1 saturated heterocycles. The second kappa shape index (κ2) is 8.04. The average molecular weight is 415 g/mol. The van der Waals surface area contributed by atoms with E-state index in [4.69, 9.17) is 4.52 Å². The molecule has 3 aromatic rings. The van der Waals surface area contributed by atoms with Crippen molar-refractivity contribution in [3.63, 3.8) is 0 Å². The number of hydrogen-bond acceptors (Lipinski definition) is 5. The number of aromatic nitrogens is 2. The Balaban J connectivity index is 1.60. The lowest BCUT2D eigenvalue weighted by molar-refractivity contribution is 0.290. The van der Waals surface area contributed by atoms with Crippen LogP contribution >= 0.6 is 0 Å². The molecule has 1 aliphatic rings. The molecular formula is C21H22FN3O3S. The minimum absolute atomic E-state index is 0.230. The molecule has 2 aromatic carbocycles. The van der Waals surface area contributed by atoms with Crippen LogP contribution in [0.2, 0.25) is 0 Å². The lowest BCUT2D eigenvalue weighted by Crippen LogP contribution is -2.30. The number of nitrogens with zero attached hydrogens (tertiary/aromatic N) is 3. The van der Waals surface area contributed by atoms with Gasteiger partial charge in [-0.3, -0.25) is 0 Å². The van der Waals surface area contributed by atoms with Gasteiger partial charge >= 0.3 is 0 Å². The van der Waals surface area contributed by atoms with E-state index >= 15 is 0 Å². The molecule has 0 aliphatic carbocycles. The lowest BCUT2D eigenvalue weighted by Gasteiger charge is -2.21. The van der Waals surface area contributed by atoms with Crippen molar-refractivity contribution in [2.45, 2.75) is 43.5 Å². The third kappa shape index (κ3) is 3.95. The van der Waals surface area contributed by atoms with E-state index in [0.717, 1.165) is 18.4 Å². The molecule has 8 heteroatoms. The summed E-state index contributed by atoms with van der Waals surface area (Å²) in [6.07, 6.45) is 3.22. The highest BCUT2D eigenvalue weighted by molar-refractivity contribution is 7.89. The number of sulfonamides is 1. The molecule has 29 heavy (non-hydrogen) atoms. The summed E-state index contributed by atoms with van der Waals surface area (Å²) in [6, 6.07) is 12.4. The molecule has 1 fully saturated rings. The number of hydrogen-bond donors (Lipinski definition) is 0. The molecule has 0 spiro atoms. The van der Waals surface area contributed by atoms with Crippen molar-refractivity contribution in [2.75, 3.05) is 6.54 Å². The molecule has 0 radical (unpaired) electrons. The first-order valence-corrected chi connectivity index (χ1v) is 11.1. The van der Waals surface area contributed by atoms with Crippen molar-refractivity contribution in [1.29, 1.82) is 0 Å². The van der Waals surface area contributed by atoms with Crippen LogP contribution in [0.4, 0.5) is 4.39 Å². The Bertz CT molecular complexity index is 1100. The van der Waals surface area contributed by atoms with Crippen molar-refractivity contribution in [3.05, 3.63) is 65.8 Å². The molecule has 0 amide bonds. The van der Waals surface area contributed by atoms with Crippen molar-refractivity contribution >= 4 is 10.0 Å². The van der Waals surface area contributed by atoms with Crippen LogP contribution in [-0.2, 0) is 16.4 Å². The molecule has 1 aromatic heterocycles. The Morgan fingerprint density at radius 2 is 2.00 bits per heavy atom. The maximum absolute atomic E-state index is 13.5. The second-order valence-electron chi connectivity index (χ2n) is 7.13. The zero-order chi connectivity index (χ0) is 20.4. The quantitative estimate of drug-likeness (QED) is 0.598. The van der Waals surface area contributed by atoms with E-state index in [-0.39, 0.29) is 16.6 Å². The van der Waals surface area contributed by atoms with Gasteiger partial charge in [0, 0.05) is 12.1 Å². The Morgan fingerprint density at radius 1 is 1.21 bits per heavy atom. The van der Waals surface area contributed by atoms with Crippen molar-refractivity contribution in [2.24, 2.45) is 0 Å². The molecule has 152 valence electrons. The van der Waals surface area contributed by atoms with Gasteiger partial charge in [0.1, 0.15) is 11.9 Å². The molecule has 1 unspecified atom stereocenters. The monoisotopic (exact) mass is 415 g/mol. The van der Waals surface area contributed by atoms with Crippen molar-refractivity contribution in [3.8, 4) is 11.4 Å². The van der Waals surface area contributed by atoms with Gasteiger partial charge in [-0.05, 0) is 49.1 Å². The van der Waals surface area contributed by atoms with Crippen LogP contribution in [0.3, 0.4) is 0 Å². The minimum atomic E-state index is -3.68. The third-order valence-corrected chi connectivity index (χ3v) is 7.00. The normalized spacial score (nSPS) is 17.7. The smallest absolute Gasteiger partial charge is 0.245 e. The van der Waals surface area contributed by atoms with E-state index in [1.807, 2.05) is 12.1 Å². The molecule has 6 nitrogen and oxygen atoms in total. The first-order valence-electron chi connectivity index (χ1n) is 9.69. The number of rotatable bonds is 6. The van der Waals surface area contributed by atoms with Crippen LogP contribution in [0, 0.1) is 5.82 Å². The Labute approximate surface area is 169 Å². The number of benzene rings is 2. The fraction of sp³-hybridized carbons (Fsp3) is 0.333. The molecular weight excluding hydrogens is 393 g/mol. The van der Waals surface area contributed by atoms with Gasteiger partial charge in [-0.1, -0.05) is 42.8 Å². The van der Waals surface area contributed by atoms with Gasteiger partial charge in [-0.15, -0.1) is 0 Å². The van der Waals surface area contributed by atoms with Gasteiger partial charge in [-0.2, -0.15) is 9.29 Å². The van der Waals surface area contributed by atoms with Crippen LogP contribution in [0.1, 0.15) is 43.7 Å². The van der Waals surface area contributed by atoms with Crippen LogP contribution in [-0.4, -0.2) is 29.4 Å². The largest absolute Gasteiger partial charge is 0.337 e. The van der Waals surface area contributed by atoms with Gasteiger partial charge in [-0.25, -0.2) is 12.8 Å². The summed E-state index contributed by atoms with van der Waals surface area (Å²) in [5.41, 5.74) is 1.60. The minimum Gasteiger partial charge on any atom is -0.337 e. The fourth-order valence-electron chi connectivity index (χ4n) is 3.64. The van der Waals surface area contributed by atoms with E-state index in [2.05, 4.69) is 17.1 Å². The first-order chi connectivity index (χ1) is 14.0. The van der Waals surface area contributed by atoms with Crippen molar-refractivity contribution < 1.29 is 17.3 Å². The summed E-state index contributed by atoms with van der Waals surface area (Å²) >= 11 is 0. The zero-order valence-electron chi connectivity index (χ0n) is 16.1. The highest BCUT2D eigenvalue weighted by Gasteiger charge is 2.39. The van der Waals surface area contributed by atoms with Gasteiger partial charge in [0.15, 0.2) is 0 Å². The van der Waals surface area contributed by atoms with Crippen LogP contribution in [0.5, 0.6) is 0 Å². The van der Waals surface area contributed by atoms with Gasteiger partial charge in [0.05, 0.1) is 4.90 Å². The standard InChI is InChI=1S/C21H22FN3O3S/c1-2-5-15-9-11-18(12-10-15)29(26,27)25-13-4-8-19(25)21-23-20(24-28-21)16-6-3-7-17(22)14-16/h3,6-7,9-12,14,19H,2,4-5,8,13H2,1H3. The Kier molecular flexibility index (Phi) is 5.47.